The molecule has 0 unspecified atom stereocenters. The highest BCUT2D eigenvalue weighted by Gasteiger charge is 2.21. The first-order valence-corrected chi connectivity index (χ1v) is 10.6. The number of methoxy groups -OCH3 is 1. The Morgan fingerprint density at radius 2 is 1.87 bits per heavy atom. The second kappa shape index (κ2) is 9.10. The predicted octanol–water partition coefficient (Wildman–Crippen LogP) is 2.05. The van der Waals surface area contributed by atoms with E-state index in [-0.39, 0.29) is 16.5 Å². The van der Waals surface area contributed by atoms with Crippen molar-refractivity contribution in [1.29, 1.82) is 0 Å². The van der Waals surface area contributed by atoms with E-state index in [1.54, 1.807) is 25.3 Å². The van der Waals surface area contributed by atoms with Gasteiger partial charge in [0.1, 0.15) is 12.3 Å². The number of nitrogens with zero attached hydrogens (tertiary/aromatic N) is 2. The highest BCUT2D eigenvalue weighted by molar-refractivity contribution is 7.91. The Balaban J connectivity index is 1.75. The minimum absolute atomic E-state index is 0.0212. The Bertz CT molecular complexity index is 1220. The van der Waals surface area contributed by atoms with Crippen LogP contribution in [0.1, 0.15) is 5.56 Å². The van der Waals surface area contributed by atoms with E-state index in [9.17, 15) is 18.0 Å². The van der Waals surface area contributed by atoms with E-state index < -0.39 is 27.8 Å². The molecule has 0 saturated heterocycles. The van der Waals surface area contributed by atoms with Crippen LogP contribution < -0.4 is 15.6 Å². The number of sulfone groups is 1. The fourth-order valence-corrected chi connectivity index (χ4v) is 3.91. The normalized spacial score (nSPS) is 11.1. The van der Waals surface area contributed by atoms with Crippen LogP contribution >= 0.6 is 11.6 Å². The maximum atomic E-state index is 12.7. The zero-order valence-corrected chi connectivity index (χ0v) is 17.5. The number of nitrogens with one attached hydrogen (secondary N) is 1. The van der Waals surface area contributed by atoms with Gasteiger partial charge in [-0.25, -0.2) is 13.1 Å². The summed E-state index contributed by atoms with van der Waals surface area (Å²) in [6.07, 6.45) is 0. The lowest BCUT2D eigenvalue weighted by atomic mass is 10.2. The molecule has 8 nitrogen and oxygen atoms in total. The summed E-state index contributed by atoms with van der Waals surface area (Å²) < 4.78 is 31.4. The van der Waals surface area contributed by atoms with Crippen molar-refractivity contribution in [2.75, 3.05) is 7.11 Å². The molecule has 0 aliphatic heterocycles. The number of ether oxygens (including phenoxy) is 1. The molecule has 1 aromatic heterocycles. The summed E-state index contributed by atoms with van der Waals surface area (Å²) in [7, 11) is -2.43. The van der Waals surface area contributed by atoms with Crippen molar-refractivity contribution in [2.45, 2.75) is 23.0 Å². The second-order valence-electron chi connectivity index (χ2n) is 6.25. The summed E-state index contributed by atoms with van der Waals surface area (Å²) in [5.74, 6) is 0.160. The van der Waals surface area contributed by atoms with Crippen LogP contribution in [0.4, 0.5) is 0 Å². The quantitative estimate of drug-likeness (QED) is 0.594. The van der Waals surface area contributed by atoms with E-state index in [4.69, 9.17) is 16.3 Å². The third-order valence-corrected chi connectivity index (χ3v) is 6.07. The molecule has 1 heterocycles. The molecule has 2 aromatic carbocycles. The van der Waals surface area contributed by atoms with Gasteiger partial charge in [0.15, 0.2) is 5.03 Å². The number of rotatable bonds is 7. The number of amides is 1. The van der Waals surface area contributed by atoms with Gasteiger partial charge in [-0.05, 0) is 48.0 Å². The van der Waals surface area contributed by atoms with Crippen LogP contribution in [0.3, 0.4) is 0 Å². The molecule has 1 N–H and O–H groups in total. The lowest BCUT2D eigenvalue weighted by molar-refractivity contribution is -0.122. The highest BCUT2D eigenvalue weighted by Crippen LogP contribution is 2.20. The predicted molar refractivity (Wildman–Crippen MR) is 110 cm³/mol. The van der Waals surface area contributed by atoms with Gasteiger partial charge in [-0.2, -0.15) is 5.10 Å². The molecule has 3 aromatic rings. The Morgan fingerprint density at radius 1 is 1.13 bits per heavy atom. The van der Waals surface area contributed by atoms with E-state index >= 15 is 0 Å². The molecule has 156 valence electrons. The average molecular weight is 448 g/mol. The Hall–Kier alpha value is -3.17. The van der Waals surface area contributed by atoms with Gasteiger partial charge in [0.2, 0.25) is 15.7 Å². The summed E-state index contributed by atoms with van der Waals surface area (Å²) in [6, 6.07) is 14.9. The van der Waals surface area contributed by atoms with Crippen LogP contribution in [0, 0.1) is 0 Å². The fourth-order valence-electron chi connectivity index (χ4n) is 2.60. The number of carbonyl (C=O) groups excluding carboxylic acids is 1. The van der Waals surface area contributed by atoms with E-state index in [1.165, 1.54) is 24.3 Å². The molecule has 30 heavy (non-hydrogen) atoms. The Kier molecular flexibility index (Phi) is 6.53. The third kappa shape index (κ3) is 5.05. The van der Waals surface area contributed by atoms with Gasteiger partial charge < -0.3 is 10.1 Å². The molecule has 3 rings (SSSR count). The number of hydrogen-bond acceptors (Lipinski definition) is 6. The molecule has 10 heteroatoms. The molecule has 0 atom stereocenters. The van der Waals surface area contributed by atoms with Gasteiger partial charge in [-0.15, -0.1) is 0 Å². The molecule has 0 aliphatic carbocycles. The van der Waals surface area contributed by atoms with Crippen LogP contribution in [0.5, 0.6) is 5.75 Å². The Morgan fingerprint density at radius 3 is 2.57 bits per heavy atom. The summed E-state index contributed by atoms with van der Waals surface area (Å²) in [5.41, 5.74) is 0.212. The largest absolute Gasteiger partial charge is 0.497 e. The molecule has 0 spiro atoms. The molecule has 0 radical (unpaired) electrons. The zero-order valence-electron chi connectivity index (χ0n) is 15.9. The van der Waals surface area contributed by atoms with Crippen LogP contribution in [0.2, 0.25) is 5.02 Å². The third-order valence-electron chi connectivity index (χ3n) is 4.16. The van der Waals surface area contributed by atoms with Crippen molar-refractivity contribution < 1.29 is 17.9 Å². The van der Waals surface area contributed by atoms with E-state index in [1.807, 2.05) is 6.07 Å². The SMILES string of the molecule is COc1cccc(CNC(=O)Cn2nc(S(=O)(=O)c3ccc(Cl)cc3)ccc2=O)c1. The van der Waals surface area contributed by atoms with Gasteiger partial charge in [-0.3, -0.25) is 9.59 Å². The number of hydrogen-bond donors (Lipinski definition) is 1. The standard InChI is InChI=1S/C20H18ClN3O5S/c1-29-16-4-2-3-14(11-16)12-22-18(25)13-24-20(26)10-9-19(23-24)30(27,28)17-7-5-15(21)6-8-17/h2-11H,12-13H2,1H3,(H,22,25). The minimum Gasteiger partial charge on any atom is -0.497 e. The number of halogens is 1. The van der Waals surface area contributed by atoms with Gasteiger partial charge in [-0.1, -0.05) is 23.7 Å². The maximum Gasteiger partial charge on any atom is 0.267 e. The van der Waals surface area contributed by atoms with Crippen molar-refractivity contribution in [3.8, 4) is 5.75 Å². The smallest absolute Gasteiger partial charge is 0.267 e. The molecule has 0 fully saturated rings. The van der Waals surface area contributed by atoms with Gasteiger partial charge >= 0.3 is 0 Å². The topological polar surface area (TPSA) is 107 Å². The summed E-state index contributed by atoms with van der Waals surface area (Å²) in [5, 5.41) is 6.58. The van der Waals surface area contributed by atoms with Crippen LogP contribution in [-0.2, 0) is 27.7 Å². The molecule has 0 aliphatic rings. The van der Waals surface area contributed by atoms with Crippen molar-refractivity contribution in [1.82, 2.24) is 15.1 Å². The van der Waals surface area contributed by atoms with E-state index in [2.05, 4.69) is 10.4 Å². The molecule has 0 bridgehead atoms. The minimum atomic E-state index is -3.97. The fraction of sp³-hybridized carbons (Fsp3) is 0.150. The lowest BCUT2D eigenvalue weighted by Crippen LogP contribution is -2.33. The molecular weight excluding hydrogens is 430 g/mol. The van der Waals surface area contributed by atoms with Crippen molar-refractivity contribution in [3.05, 3.63) is 81.6 Å². The highest BCUT2D eigenvalue weighted by atomic mass is 35.5. The van der Waals surface area contributed by atoms with Crippen molar-refractivity contribution in [2.24, 2.45) is 0 Å². The zero-order chi connectivity index (χ0) is 21.7. The Labute approximate surface area is 178 Å². The number of aromatic nitrogens is 2. The monoisotopic (exact) mass is 447 g/mol. The maximum absolute atomic E-state index is 12.7. The molecular formula is C20H18ClN3O5S. The average Bonchev–Trinajstić information content (AvgIpc) is 2.74. The number of carbonyl (C=O) groups is 1. The van der Waals surface area contributed by atoms with E-state index in [0.29, 0.717) is 10.8 Å². The van der Waals surface area contributed by atoms with E-state index in [0.717, 1.165) is 22.4 Å². The van der Waals surface area contributed by atoms with Crippen molar-refractivity contribution >= 4 is 27.3 Å². The van der Waals surface area contributed by atoms with Crippen LogP contribution in [0.15, 0.2) is 75.4 Å². The summed E-state index contributed by atoms with van der Waals surface area (Å²) >= 11 is 5.79. The first kappa shape index (κ1) is 21.5. The first-order chi connectivity index (χ1) is 14.3. The number of benzene rings is 2. The van der Waals surface area contributed by atoms with Crippen LogP contribution in [0.25, 0.3) is 0 Å². The second-order valence-corrected chi connectivity index (χ2v) is 8.59. The van der Waals surface area contributed by atoms with Gasteiger partial charge in [0.25, 0.3) is 5.56 Å². The summed E-state index contributed by atoms with van der Waals surface area (Å²) in [4.78, 5) is 24.3. The first-order valence-electron chi connectivity index (χ1n) is 8.78. The lowest BCUT2D eigenvalue weighted by Gasteiger charge is -2.09. The van der Waals surface area contributed by atoms with Gasteiger partial charge in [0.05, 0.1) is 12.0 Å². The van der Waals surface area contributed by atoms with Crippen molar-refractivity contribution in [3.63, 3.8) is 0 Å². The van der Waals surface area contributed by atoms with Crippen LogP contribution in [-0.4, -0.2) is 31.2 Å². The van der Waals surface area contributed by atoms with Gasteiger partial charge in [0, 0.05) is 17.6 Å². The molecule has 0 saturated carbocycles. The molecule has 1 amide bonds. The summed E-state index contributed by atoms with van der Waals surface area (Å²) in [6.45, 7) is -0.208.